The van der Waals surface area contributed by atoms with E-state index in [1.54, 1.807) is 0 Å². The molecule has 2 amide bonds. The number of rotatable bonds is 9. The van der Waals surface area contributed by atoms with E-state index in [-0.39, 0.29) is 25.3 Å². The molecule has 10 nitrogen and oxygen atoms in total. The monoisotopic (exact) mass is 442 g/mol. The van der Waals surface area contributed by atoms with Gasteiger partial charge in [0.25, 0.3) is 0 Å². The lowest BCUT2D eigenvalue weighted by molar-refractivity contribution is -0.139. The number of carbonyl (C=O) groups is 4. The number of alkyl carbamates (subject to hydrolysis) is 2. The number of carboxylic acid groups (broad SMARTS) is 2. The molecule has 0 aromatic rings. The predicted molar refractivity (Wildman–Crippen MR) is 107 cm³/mol. The maximum absolute atomic E-state index is 11.8. The fourth-order valence-electron chi connectivity index (χ4n) is 1.43. The smallest absolute Gasteiger partial charge is 0.408 e. The van der Waals surface area contributed by atoms with Gasteiger partial charge in [-0.2, -0.15) is 0 Å². The Morgan fingerprint density at radius 2 is 1.18 bits per heavy atom. The molecule has 4 N–H and O–H groups in total. The van der Waals surface area contributed by atoms with Gasteiger partial charge in [0, 0.05) is 14.2 Å². The molecule has 12 heteroatoms. The van der Waals surface area contributed by atoms with Crippen molar-refractivity contribution in [3.8, 4) is 0 Å². The standard InChI is InChI=1S/C16H28N2O8S2/c1-15(2,3)25-13(23)17-9(11(19)20)7-27-28-8-10(12(21)22)18-14(24)26-16(4,5)6/h9-10H,7-8H2,1-6H3,(H,17,23)(H,18,24)(H,19,20)(H,21,22)/t9-,10-/m0/s1/i1D,4D. The zero-order valence-electron chi connectivity index (χ0n) is 18.1. The van der Waals surface area contributed by atoms with Crippen molar-refractivity contribution in [1.29, 1.82) is 0 Å². The quantitative estimate of drug-likeness (QED) is 0.309. The molecule has 0 aromatic heterocycles. The lowest BCUT2D eigenvalue weighted by Crippen LogP contribution is -2.45. The van der Waals surface area contributed by atoms with Crippen LogP contribution in [0.15, 0.2) is 0 Å². The van der Waals surface area contributed by atoms with Crippen molar-refractivity contribution in [1.82, 2.24) is 10.6 Å². The summed E-state index contributed by atoms with van der Waals surface area (Å²) in [6, 6.07) is -2.59. The lowest BCUT2D eigenvalue weighted by Gasteiger charge is -2.22. The molecule has 0 saturated carbocycles. The van der Waals surface area contributed by atoms with Crippen LogP contribution in [0.1, 0.15) is 44.2 Å². The predicted octanol–water partition coefficient (Wildman–Crippen LogP) is 2.32. The molecule has 0 saturated heterocycles. The number of aliphatic carboxylic acids is 2. The van der Waals surface area contributed by atoms with Crippen LogP contribution in [-0.2, 0) is 19.1 Å². The maximum Gasteiger partial charge on any atom is 0.408 e. The highest BCUT2D eigenvalue weighted by atomic mass is 33.1. The first-order chi connectivity index (χ1) is 13.7. The molecular weight excluding hydrogens is 412 g/mol. The second kappa shape index (κ2) is 11.2. The fraction of sp³-hybridized carbons (Fsp3) is 0.750. The Bertz CT molecular complexity index is 570. The van der Waals surface area contributed by atoms with E-state index in [4.69, 9.17) is 12.2 Å². The van der Waals surface area contributed by atoms with Gasteiger partial charge >= 0.3 is 24.1 Å². The van der Waals surface area contributed by atoms with Crippen molar-refractivity contribution in [2.45, 2.75) is 64.8 Å². The van der Waals surface area contributed by atoms with Crippen LogP contribution in [0, 0.1) is 0 Å². The molecule has 0 fully saturated rings. The Kier molecular flexibility index (Phi) is 9.03. The van der Waals surface area contributed by atoms with Crippen LogP contribution in [0.4, 0.5) is 9.59 Å². The molecule has 0 unspecified atom stereocenters. The molecule has 0 aliphatic heterocycles. The Morgan fingerprint density at radius 1 is 0.857 bits per heavy atom. The summed E-state index contributed by atoms with van der Waals surface area (Å²) in [5.41, 5.74) is -2.14. The molecule has 0 aliphatic carbocycles. The molecule has 0 aliphatic rings. The molecule has 162 valence electrons. The van der Waals surface area contributed by atoms with Crippen LogP contribution in [0.5, 0.6) is 0 Å². The zero-order chi connectivity index (χ0) is 23.5. The van der Waals surface area contributed by atoms with Crippen LogP contribution in [0.2, 0.25) is 0 Å². The number of carboxylic acids is 2. The molecule has 0 radical (unpaired) electrons. The van der Waals surface area contributed by atoms with E-state index >= 15 is 0 Å². The molecule has 0 rings (SSSR count). The van der Waals surface area contributed by atoms with Gasteiger partial charge in [0.15, 0.2) is 0 Å². The van der Waals surface area contributed by atoms with Crippen molar-refractivity contribution >= 4 is 45.7 Å². The van der Waals surface area contributed by atoms with Crippen LogP contribution in [0.3, 0.4) is 0 Å². The Morgan fingerprint density at radius 3 is 1.43 bits per heavy atom. The Hall–Kier alpha value is -1.82. The highest BCUT2D eigenvalue weighted by molar-refractivity contribution is 8.76. The Labute approximate surface area is 174 Å². The van der Waals surface area contributed by atoms with E-state index in [1.807, 2.05) is 0 Å². The number of amides is 2. The normalized spacial score (nSPS) is 14.7. The first-order valence-corrected chi connectivity index (χ1v) is 10.5. The minimum Gasteiger partial charge on any atom is -0.480 e. The van der Waals surface area contributed by atoms with Gasteiger partial charge in [-0.15, -0.1) is 0 Å². The highest BCUT2D eigenvalue weighted by Crippen LogP contribution is 2.23. The molecule has 0 spiro atoms. The summed E-state index contributed by atoms with van der Waals surface area (Å²) in [6.45, 7) is 5.64. The van der Waals surface area contributed by atoms with Crippen LogP contribution < -0.4 is 10.6 Å². The van der Waals surface area contributed by atoms with E-state index in [9.17, 15) is 29.4 Å². The SMILES string of the molecule is [2H]CC(C)(C)OC(=O)N[C@@H](CSSC[C@H](NC(=O)OC(C)(C)C[2H])C(=O)O)C(=O)O. The first-order valence-electron chi connectivity index (χ1n) is 9.42. The number of ether oxygens (including phenoxy) is 2. The van der Waals surface area contributed by atoms with Crippen molar-refractivity contribution in [3.05, 3.63) is 0 Å². The van der Waals surface area contributed by atoms with Crippen molar-refractivity contribution in [2.24, 2.45) is 0 Å². The Balaban J connectivity index is 4.58. The molecule has 28 heavy (non-hydrogen) atoms. The molecule has 0 heterocycles. The van der Waals surface area contributed by atoms with Crippen molar-refractivity contribution in [2.75, 3.05) is 11.5 Å². The third kappa shape index (κ3) is 13.4. The maximum atomic E-state index is 11.8. The highest BCUT2D eigenvalue weighted by Gasteiger charge is 2.26. The van der Waals surface area contributed by atoms with Gasteiger partial charge in [-0.1, -0.05) is 21.6 Å². The first kappa shape index (κ1) is 22.5. The number of nitrogens with one attached hydrogen (secondary N) is 2. The third-order valence-corrected chi connectivity index (χ3v) is 4.89. The minimum atomic E-state index is -1.31. The van der Waals surface area contributed by atoms with E-state index in [1.165, 1.54) is 27.7 Å². The van der Waals surface area contributed by atoms with Gasteiger partial charge in [-0.3, -0.25) is 0 Å². The van der Waals surface area contributed by atoms with E-state index in [0.29, 0.717) is 0 Å². The second-order valence-corrected chi connectivity index (χ2v) is 9.49. The number of hydrogen-bond acceptors (Lipinski definition) is 8. The molecule has 2 atom stereocenters. The van der Waals surface area contributed by atoms with E-state index in [2.05, 4.69) is 10.6 Å². The summed E-state index contributed by atoms with van der Waals surface area (Å²) in [5.74, 6) is -2.81. The van der Waals surface area contributed by atoms with Gasteiger partial charge in [0.2, 0.25) is 0 Å². The van der Waals surface area contributed by atoms with Crippen molar-refractivity contribution < 1.29 is 41.6 Å². The number of hydrogen-bond donors (Lipinski definition) is 4. The molecule has 0 aromatic carbocycles. The van der Waals surface area contributed by atoms with Crippen LogP contribution in [-0.4, -0.2) is 69.1 Å². The number of carbonyl (C=O) groups excluding carboxylic acids is 2. The minimum absolute atomic E-state index is 0.0982. The lowest BCUT2D eigenvalue weighted by atomic mass is 10.2. The van der Waals surface area contributed by atoms with E-state index in [0.717, 1.165) is 21.6 Å². The van der Waals surface area contributed by atoms with E-state index < -0.39 is 47.4 Å². The summed E-state index contributed by atoms with van der Waals surface area (Å²) in [7, 11) is 1.98. The summed E-state index contributed by atoms with van der Waals surface area (Å²) < 4.78 is 24.5. The molecular formula is C16H28N2O8S2. The van der Waals surface area contributed by atoms with Crippen LogP contribution in [0.25, 0.3) is 0 Å². The summed E-state index contributed by atoms with van der Waals surface area (Å²) in [6.07, 6.45) is -1.95. The molecule has 0 bridgehead atoms. The average Bonchev–Trinajstić information content (AvgIpc) is 2.61. The summed E-state index contributed by atoms with van der Waals surface area (Å²) in [5, 5.41) is 22.8. The van der Waals surface area contributed by atoms with Gasteiger partial charge in [-0.05, 0) is 41.5 Å². The largest absolute Gasteiger partial charge is 0.480 e. The summed E-state index contributed by atoms with van der Waals surface area (Å²) >= 11 is 0. The fourth-order valence-corrected chi connectivity index (χ4v) is 3.74. The topological polar surface area (TPSA) is 151 Å². The van der Waals surface area contributed by atoms with Crippen molar-refractivity contribution in [3.63, 3.8) is 0 Å². The van der Waals surface area contributed by atoms with Gasteiger partial charge in [-0.25, -0.2) is 19.2 Å². The zero-order valence-corrected chi connectivity index (χ0v) is 17.8. The van der Waals surface area contributed by atoms with Gasteiger partial charge < -0.3 is 30.3 Å². The summed E-state index contributed by atoms with van der Waals surface area (Å²) in [4.78, 5) is 46.1. The van der Waals surface area contributed by atoms with Gasteiger partial charge in [0.1, 0.15) is 23.3 Å². The van der Waals surface area contributed by atoms with Gasteiger partial charge in [0.05, 0.1) is 0 Å². The average molecular weight is 443 g/mol. The van der Waals surface area contributed by atoms with Crippen LogP contribution >= 0.6 is 21.6 Å². The third-order valence-electron chi connectivity index (χ3n) is 2.47. The second-order valence-electron chi connectivity index (χ2n) is 6.94.